The van der Waals surface area contributed by atoms with Gasteiger partial charge in [0.25, 0.3) is 11.2 Å². The quantitative estimate of drug-likeness (QED) is 0.0897. The van der Waals surface area contributed by atoms with Crippen molar-refractivity contribution in [3.8, 4) is 28.8 Å². The van der Waals surface area contributed by atoms with Gasteiger partial charge >= 0.3 is 5.69 Å². The Morgan fingerprint density at radius 3 is 2.44 bits per heavy atom. The molecule has 0 fully saturated rings. The number of fused-ring (bicyclic) bond motifs is 1. The van der Waals surface area contributed by atoms with Gasteiger partial charge in [-0.1, -0.05) is 41.9 Å². The van der Waals surface area contributed by atoms with Gasteiger partial charge in [-0.05, 0) is 54.3 Å². The number of halogens is 1. The van der Waals surface area contributed by atoms with Crippen LogP contribution in [0.2, 0.25) is 0 Å². The molecular formula is C31H25BrN6O7. The zero-order valence-corrected chi connectivity index (χ0v) is 26.0. The van der Waals surface area contributed by atoms with E-state index in [1.807, 2.05) is 32.9 Å². The molecule has 0 atom stereocenters. The number of ether oxygens (including phenoxy) is 2. The molecule has 0 spiro atoms. The molecule has 2 heterocycles. The average Bonchev–Trinajstić information content (AvgIpc) is 3.01. The van der Waals surface area contributed by atoms with Gasteiger partial charge in [0.2, 0.25) is 11.6 Å². The first kappa shape index (κ1) is 30.9. The highest BCUT2D eigenvalue weighted by Crippen LogP contribution is 2.37. The number of pyridine rings is 1. The summed E-state index contributed by atoms with van der Waals surface area (Å²) in [6.07, 6.45) is 2.23. The molecule has 0 N–H and O–H groups in total. The maximum Gasteiger partial charge on any atom is 0.313 e. The minimum atomic E-state index is -0.647. The van der Waals surface area contributed by atoms with Crippen molar-refractivity contribution in [1.82, 2.24) is 14.6 Å². The lowest BCUT2D eigenvalue weighted by Crippen LogP contribution is -2.21. The van der Waals surface area contributed by atoms with Crippen LogP contribution < -0.4 is 15.0 Å². The molecule has 0 aliphatic rings. The van der Waals surface area contributed by atoms with E-state index in [-0.39, 0.29) is 34.6 Å². The number of nitro groups is 2. The number of para-hydroxylation sites is 1. The Kier molecular flexibility index (Phi) is 8.68. The molecule has 0 radical (unpaired) electrons. The number of hydrogen-bond acceptors (Lipinski definition) is 10. The summed E-state index contributed by atoms with van der Waals surface area (Å²) in [7, 11) is 1.60. The number of benzene rings is 3. The van der Waals surface area contributed by atoms with E-state index in [1.54, 1.807) is 31.4 Å². The third-order valence-electron chi connectivity index (χ3n) is 6.90. The Morgan fingerprint density at radius 2 is 1.80 bits per heavy atom. The van der Waals surface area contributed by atoms with Crippen LogP contribution in [0, 0.1) is 27.2 Å². The van der Waals surface area contributed by atoms with Crippen LogP contribution in [0.5, 0.6) is 17.4 Å². The fourth-order valence-corrected chi connectivity index (χ4v) is 5.14. The summed E-state index contributed by atoms with van der Waals surface area (Å²) < 4.78 is 12.9. The second kappa shape index (κ2) is 12.6. The summed E-state index contributed by atoms with van der Waals surface area (Å²) in [5, 5.41) is 27.9. The van der Waals surface area contributed by atoms with Crippen molar-refractivity contribution >= 4 is 44.4 Å². The van der Waals surface area contributed by atoms with Crippen molar-refractivity contribution in [2.45, 2.75) is 26.7 Å². The molecule has 0 saturated heterocycles. The van der Waals surface area contributed by atoms with Crippen LogP contribution in [-0.4, -0.2) is 37.8 Å². The van der Waals surface area contributed by atoms with Crippen LogP contribution in [0.25, 0.3) is 22.3 Å². The van der Waals surface area contributed by atoms with Gasteiger partial charge in [0.15, 0.2) is 5.82 Å². The van der Waals surface area contributed by atoms with E-state index in [0.717, 1.165) is 28.1 Å². The van der Waals surface area contributed by atoms with E-state index in [2.05, 4.69) is 26.0 Å². The monoisotopic (exact) mass is 672 g/mol. The molecule has 5 aromatic rings. The van der Waals surface area contributed by atoms with E-state index in [9.17, 15) is 25.0 Å². The van der Waals surface area contributed by atoms with Crippen molar-refractivity contribution in [3.63, 3.8) is 0 Å². The number of nitrogens with zero attached hydrogens (tertiary/aromatic N) is 6. The molecule has 2 aromatic heterocycles. The van der Waals surface area contributed by atoms with Crippen LogP contribution in [0.4, 0.5) is 11.4 Å². The maximum absolute atomic E-state index is 13.9. The highest BCUT2D eigenvalue weighted by atomic mass is 79.9. The summed E-state index contributed by atoms with van der Waals surface area (Å²) in [6, 6.07) is 15.8. The first-order valence-corrected chi connectivity index (χ1v) is 14.3. The molecule has 3 aromatic carbocycles. The fourth-order valence-electron chi connectivity index (χ4n) is 4.68. The van der Waals surface area contributed by atoms with Gasteiger partial charge < -0.3 is 9.47 Å². The minimum Gasteiger partial charge on any atom is -0.496 e. The van der Waals surface area contributed by atoms with E-state index in [0.29, 0.717) is 26.7 Å². The van der Waals surface area contributed by atoms with Gasteiger partial charge in [0.1, 0.15) is 11.9 Å². The molecule has 0 amide bonds. The minimum absolute atomic E-state index is 0.0957. The zero-order valence-electron chi connectivity index (χ0n) is 24.4. The van der Waals surface area contributed by atoms with E-state index < -0.39 is 21.1 Å². The molecule has 0 bridgehead atoms. The van der Waals surface area contributed by atoms with Gasteiger partial charge in [-0.2, -0.15) is 9.78 Å². The lowest BCUT2D eigenvalue weighted by atomic mass is 9.96. The van der Waals surface area contributed by atoms with Crippen LogP contribution in [0.15, 0.2) is 81.2 Å². The first-order chi connectivity index (χ1) is 21.5. The fraction of sp³-hybridized carbons (Fsp3) is 0.161. The number of nitro benzene ring substituents is 1. The van der Waals surface area contributed by atoms with Crippen LogP contribution in [-0.2, 0) is 0 Å². The molecule has 45 heavy (non-hydrogen) atoms. The smallest absolute Gasteiger partial charge is 0.313 e. The summed E-state index contributed by atoms with van der Waals surface area (Å²) >= 11 is 3.29. The summed E-state index contributed by atoms with van der Waals surface area (Å²) in [6.45, 7) is 5.92. The van der Waals surface area contributed by atoms with E-state index in [4.69, 9.17) is 14.5 Å². The third kappa shape index (κ3) is 6.26. The standard InChI is InChI=1S/C31H25BrN6O7/c1-17(2)23-14-24(18(3)11-27(23)44-4)30-35-25-8-6-5-7-22(25)31(39)36(30)34-15-19-12-20(32)13-26(38(42)43)29(19)45-28-10-9-21(16-33-28)37(40)41/h5-17H,1-4H3. The number of rotatable bonds is 9. The highest BCUT2D eigenvalue weighted by molar-refractivity contribution is 9.10. The lowest BCUT2D eigenvalue weighted by molar-refractivity contribution is -0.385. The van der Waals surface area contributed by atoms with Crippen LogP contribution in [0.1, 0.15) is 36.5 Å². The SMILES string of the molecule is COc1cc(C)c(-c2nc3ccccc3c(=O)n2N=Cc2cc(Br)cc([N+](=O)[O-])c2Oc2ccc([N+](=O)[O-])cn2)cc1C(C)C. The molecule has 0 saturated carbocycles. The Balaban J connectivity index is 1.72. The predicted octanol–water partition coefficient (Wildman–Crippen LogP) is 7.15. The summed E-state index contributed by atoms with van der Waals surface area (Å²) in [4.78, 5) is 44.4. The zero-order chi connectivity index (χ0) is 32.4. The second-order valence-corrected chi connectivity index (χ2v) is 11.1. The van der Waals surface area contributed by atoms with Crippen molar-refractivity contribution in [2.75, 3.05) is 7.11 Å². The molecule has 0 aliphatic carbocycles. The summed E-state index contributed by atoms with van der Waals surface area (Å²) in [5.41, 5.74) is 1.76. The number of aromatic nitrogens is 3. The molecule has 0 unspecified atom stereocenters. The molecular weight excluding hydrogens is 648 g/mol. The van der Waals surface area contributed by atoms with Gasteiger partial charge in [-0.15, -0.1) is 0 Å². The van der Waals surface area contributed by atoms with Gasteiger partial charge in [-0.3, -0.25) is 25.0 Å². The molecule has 14 heteroatoms. The topological polar surface area (TPSA) is 165 Å². The Bertz CT molecular complexity index is 2060. The number of methoxy groups -OCH3 is 1. The Labute approximate surface area is 264 Å². The third-order valence-corrected chi connectivity index (χ3v) is 7.36. The highest BCUT2D eigenvalue weighted by Gasteiger charge is 2.23. The number of aryl methyl sites for hydroxylation is 1. The second-order valence-electron chi connectivity index (χ2n) is 10.2. The molecule has 13 nitrogen and oxygen atoms in total. The Hall–Kier alpha value is -5.50. The van der Waals surface area contributed by atoms with Crippen LogP contribution in [0.3, 0.4) is 0 Å². The van der Waals surface area contributed by atoms with Crippen molar-refractivity contribution < 1.29 is 19.3 Å². The average molecular weight is 673 g/mol. The van der Waals surface area contributed by atoms with Gasteiger partial charge in [0, 0.05) is 33.8 Å². The lowest BCUT2D eigenvalue weighted by Gasteiger charge is -2.17. The van der Waals surface area contributed by atoms with Gasteiger partial charge in [0.05, 0.1) is 34.1 Å². The van der Waals surface area contributed by atoms with E-state index >= 15 is 0 Å². The molecule has 5 rings (SSSR count). The summed E-state index contributed by atoms with van der Waals surface area (Å²) in [5.74, 6) is 0.687. The molecule has 228 valence electrons. The largest absolute Gasteiger partial charge is 0.496 e. The van der Waals surface area contributed by atoms with Crippen molar-refractivity contribution in [3.05, 3.63) is 119 Å². The van der Waals surface area contributed by atoms with Gasteiger partial charge in [-0.25, -0.2) is 9.97 Å². The van der Waals surface area contributed by atoms with E-state index in [1.165, 1.54) is 24.4 Å². The van der Waals surface area contributed by atoms with Crippen molar-refractivity contribution in [1.29, 1.82) is 0 Å². The Morgan fingerprint density at radius 1 is 1.04 bits per heavy atom. The normalized spacial score (nSPS) is 11.3. The maximum atomic E-state index is 13.9. The van der Waals surface area contributed by atoms with Crippen LogP contribution >= 0.6 is 15.9 Å². The number of hydrogen-bond donors (Lipinski definition) is 0. The molecule has 0 aliphatic heterocycles. The predicted molar refractivity (Wildman–Crippen MR) is 172 cm³/mol. The first-order valence-electron chi connectivity index (χ1n) is 13.5. The van der Waals surface area contributed by atoms with Crippen molar-refractivity contribution in [2.24, 2.45) is 5.10 Å².